The molecule has 0 aromatic carbocycles. The Balaban J connectivity index is 2.16. The molecule has 1 aliphatic rings. The minimum Gasteiger partial charge on any atom is -0.396 e. The van der Waals surface area contributed by atoms with Gasteiger partial charge in [0, 0.05) is 31.5 Å². The summed E-state index contributed by atoms with van der Waals surface area (Å²) in [5, 5.41) is 16.6. The largest absolute Gasteiger partial charge is 0.396 e. The average Bonchev–Trinajstić information content (AvgIpc) is 2.39. The topological polar surface area (TPSA) is 86.2 Å². The number of nitrogen functional groups attached to an aromatic ring is 1. The van der Waals surface area contributed by atoms with Crippen molar-refractivity contribution in [3.8, 4) is 0 Å². The zero-order valence-electron chi connectivity index (χ0n) is 9.76. The van der Waals surface area contributed by atoms with Crippen LogP contribution in [-0.4, -0.2) is 35.6 Å². The van der Waals surface area contributed by atoms with Gasteiger partial charge in [0.05, 0.1) is 0 Å². The molecule has 0 bridgehead atoms. The highest BCUT2D eigenvalue weighted by Gasteiger charge is 2.20. The van der Waals surface area contributed by atoms with Crippen LogP contribution in [0.1, 0.15) is 18.4 Å². The number of nitrogens with zero attached hydrogens (tertiary/aromatic N) is 2. The summed E-state index contributed by atoms with van der Waals surface area (Å²) in [6, 6.07) is 3.57. The van der Waals surface area contributed by atoms with Gasteiger partial charge in [-0.2, -0.15) is 0 Å². The summed E-state index contributed by atoms with van der Waals surface area (Å²) in [6.07, 6.45) is 3.81. The van der Waals surface area contributed by atoms with Crippen molar-refractivity contribution in [1.29, 1.82) is 5.41 Å². The number of hydrogen-bond acceptors (Lipinski definition) is 4. The normalized spacial score (nSPS) is 20.3. The Morgan fingerprint density at radius 1 is 1.65 bits per heavy atom. The highest BCUT2D eigenvalue weighted by molar-refractivity contribution is 5.95. The Kier molecular flexibility index (Phi) is 3.58. The molecule has 1 aromatic rings. The SMILES string of the molecule is N=C(N)c1ccnc(N2CCCC(CO)C2)c1. The van der Waals surface area contributed by atoms with Crippen LogP contribution in [0, 0.1) is 11.3 Å². The second kappa shape index (κ2) is 5.14. The molecule has 1 aromatic heterocycles. The first kappa shape index (κ1) is 11.9. The van der Waals surface area contributed by atoms with Gasteiger partial charge in [-0.05, 0) is 30.9 Å². The first-order valence-corrected chi connectivity index (χ1v) is 5.87. The van der Waals surface area contributed by atoms with Gasteiger partial charge in [-0.1, -0.05) is 0 Å². The van der Waals surface area contributed by atoms with Crippen LogP contribution in [0.2, 0.25) is 0 Å². The van der Waals surface area contributed by atoms with Gasteiger partial charge in [0.1, 0.15) is 11.7 Å². The number of rotatable bonds is 3. The molecule has 2 rings (SSSR count). The van der Waals surface area contributed by atoms with Crippen molar-refractivity contribution in [3.63, 3.8) is 0 Å². The molecule has 1 saturated heterocycles. The van der Waals surface area contributed by atoms with Gasteiger partial charge < -0.3 is 15.7 Å². The molecule has 92 valence electrons. The minimum absolute atomic E-state index is 0.0596. The van der Waals surface area contributed by atoms with E-state index in [1.807, 2.05) is 6.07 Å². The van der Waals surface area contributed by atoms with Gasteiger partial charge in [0.25, 0.3) is 0 Å². The van der Waals surface area contributed by atoms with Gasteiger partial charge >= 0.3 is 0 Å². The number of anilines is 1. The van der Waals surface area contributed by atoms with E-state index in [1.54, 1.807) is 12.3 Å². The van der Waals surface area contributed by atoms with Crippen molar-refractivity contribution in [3.05, 3.63) is 23.9 Å². The zero-order valence-corrected chi connectivity index (χ0v) is 9.76. The minimum atomic E-state index is 0.0596. The standard InChI is InChI=1S/C12H18N4O/c13-12(14)10-3-4-15-11(6-10)16-5-1-2-9(7-16)8-17/h3-4,6,9,17H,1-2,5,7-8H2,(H3,13,14). The van der Waals surface area contributed by atoms with E-state index in [0.29, 0.717) is 11.5 Å². The van der Waals surface area contributed by atoms with E-state index in [2.05, 4.69) is 9.88 Å². The monoisotopic (exact) mass is 234 g/mol. The van der Waals surface area contributed by atoms with Crippen LogP contribution in [0.4, 0.5) is 5.82 Å². The first-order valence-electron chi connectivity index (χ1n) is 5.87. The molecule has 0 spiro atoms. The maximum atomic E-state index is 9.20. The molecular weight excluding hydrogens is 216 g/mol. The van der Waals surface area contributed by atoms with Crippen LogP contribution < -0.4 is 10.6 Å². The number of aliphatic hydroxyl groups excluding tert-OH is 1. The van der Waals surface area contributed by atoms with Gasteiger partial charge in [0.15, 0.2) is 0 Å². The Morgan fingerprint density at radius 3 is 3.18 bits per heavy atom. The number of hydrogen-bond donors (Lipinski definition) is 3. The number of nitrogens with one attached hydrogen (secondary N) is 1. The van der Waals surface area contributed by atoms with Crippen molar-refractivity contribution in [2.45, 2.75) is 12.8 Å². The lowest BCUT2D eigenvalue weighted by atomic mass is 9.99. The molecule has 1 aliphatic heterocycles. The third-order valence-corrected chi connectivity index (χ3v) is 3.16. The summed E-state index contributed by atoms with van der Waals surface area (Å²) in [5.41, 5.74) is 6.16. The fourth-order valence-corrected chi connectivity index (χ4v) is 2.18. The molecule has 0 saturated carbocycles. The summed E-state index contributed by atoms with van der Waals surface area (Å²) in [6.45, 7) is 2.00. The fourth-order valence-electron chi connectivity index (χ4n) is 2.18. The first-order chi connectivity index (χ1) is 8.20. The Labute approximate surface area is 101 Å². The number of pyridine rings is 1. The summed E-state index contributed by atoms with van der Waals surface area (Å²) in [5.74, 6) is 1.23. The van der Waals surface area contributed by atoms with E-state index >= 15 is 0 Å². The van der Waals surface area contributed by atoms with Gasteiger partial charge in [-0.3, -0.25) is 5.41 Å². The number of nitrogens with two attached hydrogens (primary N) is 1. The van der Waals surface area contributed by atoms with Crippen molar-refractivity contribution in [1.82, 2.24) is 4.98 Å². The van der Waals surface area contributed by atoms with Crippen molar-refractivity contribution in [2.24, 2.45) is 11.7 Å². The molecule has 4 N–H and O–H groups in total. The Bertz CT molecular complexity index is 407. The molecular formula is C12H18N4O. The average molecular weight is 234 g/mol. The summed E-state index contributed by atoms with van der Waals surface area (Å²) < 4.78 is 0. The lowest BCUT2D eigenvalue weighted by Crippen LogP contribution is -2.37. The lowest BCUT2D eigenvalue weighted by Gasteiger charge is -2.32. The van der Waals surface area contributed by atoms with E-state index in [9.17, 15) is 5.11 Å². The molecule has 0 radical (unpaired) electrons. The molecule has 2 heterocycles. The smallest absolute Gasteiger partial charge is 0.129 e. The van der Waals surface area contributed by atoms with Gasteiger partial charge in [-0.25, -0.2) is 4.98 Å². The van der Waals surface area contributed by atoms with Gasteiger partial charge in [-0.15, -0.1) is 0 Å². The van der Waals surface area contributed by atoms with Gasteiger partial charge in [0.2, 0.25) is 0 Å². The molecule has 1 atom stereocenters. The molecule has 0 amide bonds. The molecule has 5 heteroatoms. The molecule has 0 aliphatic carbocycles. The molecule has 1 unspecified atom stereocenters. The van der Waals surface area contributed by atoms with Crippen LogP contribution in [0.3, 0.4) is 0 Å². The second-order valence-corrected chi connectivity index (χ2v) is 4.45. The molecule has 1 fully saturated rings. The third-order valence-electron chi connectivity index (χ3n) is 3.16. The van der Waals surface area contributed by atoms with E-state index < -0.39 is 0 Å². The molecule has 5 nitrogen and oxygen atoms in total. The molecule has 17 heavy (non-hydrogen) atoms. The van der Waals surface area contributed by atoms with E-state index in [-0.39, 0.29) is 12.4 Å². The summed E-state index contributed by atoms with van der Waals surface area (Å²) in [4.78, 5) is 6.46. The fraction of sp³-hybridized carbons (Fsp3) is 0.500. The summed E-state index contributed by atoms with van der Waals surface area (Å²) in [7, 11) is 0. The number of aliphatic hydroxyl groups is 1. The van der Waals surface area contributed by atoms with Crippen molar-refractivity contribution < 1.29 is 5.11 Å². The van der Waals surface area contributed by atoms with Crippen LogP contribution in [0.5, 0.6) is 0 Å². The number of aromatic nitrogens is 1. The Morgan fingerprint density at radius 2 is 2.47 bits per heavy atom. The third kappa shape index (κ3) is 2.74. The number of amidine groups is 1. The van der Waals surface area contributed by atoms with Crippen molar-refractivity contribution >= 4 is 11.7 Å². The summed E-state index contributed by atoms with van der Waals surface area (Å²) >= 11 is 0. The van der Waals surface area contributed by atoms with Crippen molar-refractivity contribution in [2.75, 3.05) is 24.6 Å². The van der Waals surface area contributed by atoms with Crippen LogP contribution in [0.25, 0.3) is 0 Å². The van der Waals surface area contributed by atoms with E-state index in [1.165, 1.54) is 0 Å². The van der Waals surface area contributed by atoms with Crippen LogP contribution in [-0.2, 0) is 0 Å². The van der Waals surface area contributed by atoms with E-state index in [4.69, 9.17) is 11.1 Å². The Hall–Kier alpha value is -1.62. The van der Waals surface area contributed by atoms with E-state index in [0.717, 1.165) is 31.7 Å². The predicted molar refractivity (Wildman–Crippen MR) is 67.3 cm³/mol. The maximum absolute atomic E-state index is 9.20. The van der Waals surface area contributed by atoms with Crippen LogP contribution in [0.15, 0.2) is 18.3 Å². The van der Waals surface area contributed by atoms with Crippen LogP contribution >= 0.6 is 0 Å². The highest BCUT2D eigenvalue weighted by Crippen LogP contribution is 2.21. The second-order valence-electron chi connectivity index (χ2n) is 4.45. The predicted octanol–water partition coefficient (Wildman–Crippen LogP) is 0.574. The highest BCUT2D eigenvalue weighted by atomic mass is 16.3. The number of piperidine rings is 1. The lowest BCUT2D eigenvalue weighted by molar-refractivity contribution is 0.208. The zero-order chi connectivity index (χ0) is 12.3. The maximum Gasteiger partial charge on any atom is 0.129 e. The quantitative estimate of drug-likeness (QED) is 0.527.